The summed E-state index contributed by atoms with van der Waals surface area (Å²) in [5.41, 5.74) is 0.693. The molecule has 2 rings (SSSR count). The average molecular weight is 471 g/mol. The van der Waals surface area contributed by atoms with Gasteiger partial charge in [-0.15, -0.1) is 0 Å². The second-order valence-electron chi connectivity index (χ2n) is 7.63. The Morgan fingerprint density at radius 2 is 1.86 bits per heavy atom. The molecule has 2 aromatic rings. The van der Waals surface area contributed by atoms with Crippen molar-refractivity contribution in [3.63, 3.8) is 0 Å². The Bertz CT molecular complexity index is 931. The van der Waals surface area contributed by atoms with Crippen LogP contribution in [0.5, 0.6) is 0 Å². The number of benzene rings is 1. The van der Waals surface area contributed by atoms with Crippen LogP contribution in [-0.2, 0) is 27.3 Å². The standard InChI is InChI=1S/C19H27BrN4O3S/c1-6-11-24(28(26,27)15-9-7-14(20)8-10-15)13-18(25)21-17-12-16(19(2,3)4)22-23(17)5/h7-10,12H,6,11,13H2,1-5H3,(H,21,25). The molecule has 1 N–H and O–H groups in total. The summed E-state index contributed by atoms with van der Waals surface area (Å²) in [4.78, 5) is 12.7. The lowest BCUT2D eigenvalue weighted by Crippen LogP contribution is -2.38. The van der Waals surface area contributed by atoms with Crippen LogP contribution in [0.2, 0.25) is 0 Å². The number of aromatic nitrogens is 2. The van der Waals surface area contributed by atoms with E-state index in [0.29, 0.717) is 12.2 Å². The van der Waals surface area contributed by atoms with Gasteiger partial charge in [-0.25, -0.2) is 8.42 Å². The topological polar surface area (TPSA) is 84.3 Å². The molecule has 28 heavy (non-hydrogen) atoms. The quantitative estimate of drug-likeness (QED) is 0.670. The maximum Gasteiger partial charge on any atom is 0.243 e. The highest BCUT2D eigenvalue weighted by Crippen LogP contribution is 2.24. The summed E-state index contributed by atoms with van der Waals surface area (Å²) in [5, 5.41) is 7.19. The first kappa shape index (κ1) is 22.6. The first-order chi connectivity index (χ1) is 12.9. The highest BCUT2D eigenvalue weighted by atomic mass is 79.9. The van der Waals surface area contributed by atoms with Gasteiger partial charge in [-0.05, 0) is 30.7 Å². The Labute approximate surface area is 175 Å². The minimum absolute atomic E-state index is 0.153. The van der Waals surface area contributed by atoms with Crippen LogP contribution in [0.1, 0.15) is 39.8 Å². The van der Waals surface area contributed by atoms with Gasteiger partial charge in [0.15, 0.2) is 0 Å². The van der Waals surface area contributed by atoms with Gasteiger partial charge < -0.3 is 5.32 Å². The van der Waals surface area contributed by atoms with Crippen molar-refractivity contribution >= 4 is 37.7 Å². The molecule has 0 fully saturated rings. The summed E-state index contributed by atoms with van der Waals surface area (Å²) < 4.78 is 29.5. The van der Waals surface area contributed by atoms with Gasteiger partial charge in [0.2, 0.25) is 15.9 Å². The maximum atomic E-state index is 12.9. The predicted octanol–water partition coefficient (Wildman–Crippen LogP) is 3.52. The zero-order valence-electron chi connectivity index (χ0n) is 16.9. The molecule has 0 spiro atoms. The van der Waals surface area contributed by atoms with E-state index >= 15 is 0 Å². The number of amides is 1. The third kappa shape index (κ3) is 5.42. The Morgan fingerprint density at radius 3 is 2.36 bits per heavy atom. The summed E-state index contributed by atoms with van der Waals surface area (Å²) in [7, 11) is -2.02. The number of aryl methyl sites for hydroxylation is 1. The van der Waals surface area contributed by atoms with E-state index in [1.165, 1.54) is 16.4 Å². The number of nitrogens with zero attached hydrogens (tertiary/aromatic N) is 3. The van der Waals surface area contributed by atoms with Crippen molar-refractivity contribution in [2.24, 2.45) is 7.05 Å². The van der Waals surface area contributed by atoms with E-state index in [1.807, 2.05) is 33.8 Å². The summed E-state index contributed by atoms with van der Waals surface area (Å²) in [6.45, 7) is 7.98. The number of hydrogen-bond acceptors (Lipinski definition) is 4. The van der Waals surface area contributed by atoms with E-state index in [1.54, 1.807) is 23.9 Å². The fourth-order valence-electron chi connectivity index (χ4n) is 2.58. The molecule has 1 aromatic heterocycles. The van der Waals surface area contributed by atoms with Crippen LogP contribution >= 0.6 is 15.9 Å². The van der Waals surface area contributed by atoms with E-state index < -0.39 is 15.9 Å². The molecule has 7 nitrogen and oxygen atoms in total. The molecular formula is C19H27BrN4O3S. The lowest BCUT2D eigenvalue weighted by Gasteiger charge is -2.21. The zero-order chi connectivity index (χ0) is 21.1. The first-order valence-electron chi connectivity index (χ1n) is 9.05. The van der Waals surface area contributed by atoms with Gasteiger partial charge in [0.25, 0.3) is 0 Å². The van der Waals surface area contributed by atoms with Gasteiger partial charge in [-0.2, -0.15) is 9.40 Å². The minimum Gasteiger partial charge on any atom is -0.310 e. The number of carbonyl (C=O) groups is 1. The summed E-state index contributed by atoms with van der Waals surface area (Å²) in [6.07, 6.45) is 0.600. The third-order valence-corrected chi connectivity index (χ3v) is 6.55. The molecule has 1 heterocycles. The Kier molecular flexibility index (Phi) is 7.06. The summed E-state index contributed by atoms with van der Waals surface area (Å²) >= 11 is 3.30. The molecule has 1 amide bonds. The molecule has 0 aliphatic rings. The van der Waals surface area contributed by atoms with Crippen molar-refractivity contribution in [3.05, 3.63) is 40.5 Å². The third-order valence-electron chi connectivity index (χ3n) is 4.16. The van der Waals surface area contributed by atoms with Gasteiger partial charge in [0.1, 0.15) is 5.82 Å². The molecule has 0 aliphatic heterocycles. The number of hydrogen-bond donors (Lipinski definition) is 1. The van der Waals surface area contributed by atoms with Crippen molar-refractivity contribution in [2.45, 2.75) is 44.4 Å². The van der Waals surface area contributed by atoms with E-state index in [4.69, 9.17) is 0 Å². The Balaban J connectivity index is 2.19. The van der Waals surface area contributed by atoms with Gasteiger partial charge in [-0.1, -0.05) is 43.6 Å². The fourth-order valence-corrected chi connectivity index (χ4v) is 4.34. The Hall–Kier alpha value is -1.71. The van der Waals surface area contributed by atoms with Crippen LogP contribution in [0, 0.1) is 0 Å². The van der Waals surface area contributed by atoms with Crippen LogP contribution in [0.4, 0.5) is 5.82 Å². The molecule has 0 saturated carbocycles. The van der Waals surface area contributed by atoms with Crippen LogP contribution in [0.15, 0.2) is 39.7 Å². The molecule has 0 atom stereocenters. The summed E-state index contributed by atoms with van der Waals surface area (Å²) in [5.74, 6) is 0.130. The average Bonchev–Trinajstić information content (AvgIpc) is 2.96. The lowest BCUT2D eigenvalue weighted by molar-refractivity contribution is -0.116. The molecule has 9 heteroatoms. The van der Waals surface area contributed by atoms with E-state index in [-0.39, 0.29) is 23.4 Å². The molecule has 1 aromatic carbocycles. The number of anilines is 1. The highest BCUT2D eigenvalue weighted by Gasteiger charge is 2.27. The normalized spacial score (nSPS) is 12.4. The number of sulfonamides is 1. The van der Waals surface area contributed by atoms with E-state index in [9.17, 15) is 13.2 Å². The molecule has 0 unspecified atom stereocenters. The zero-order valence-corrected chi connectivity index (χ0v) is 19.3. The first-order valence-corrected chi connectivity index (χ1v) is 11.3. The lowest BCUT2D eigenvalue weighted by atomic mass is 9.92. The van der Waals surface area contributed by atoms with Crippen molar-refractivity contribution in [2.75, 3.05) is 18.4 Å². The van der Waals surface area contributed by atoms with Gasteiger partial charge >= 0.3 is 0 Å². The largest absolute Gasteiger partial charge is 0.310 e. The monoisotopic (exact) mass is 470 g/mol. The number of rotatable bonds is 7. The number of halogens is 1. The van der Waals surface area contributed by atoms with Crippen LogP contribution in [0.3, 0.4) is 0 Å². The molecule has 0 bridgehead atoms. The van der Waals surface area contributed by atoms with Crippen molar-refractivity contribution < 1.29 is 13.2 Å². The van der Waals surface area contributed by atoms with E-state index in [2.05, 4.69) is 26.3 Å². The van der Waals surface area contributed by atoms with Gasteiger partial charge in [0.05, 0.1) is 17.1 Å². The Morgan fingerprint density at radius 1 is 1.25 bits per heavy atom. The summed E-state index contributed by atoms with van der Waals surface area (Å²) in [6, 6.07) is 8.19. The molecule has 0 aliphatic carbocycles. The maximum absolute atomic E-state index is 12.9. The van der Waals surface area contributed by atoms with Crippen LogP contribution in [-0.4, -0.2) is 41.5 Å². The number of nitrogens with one attached hydrogen (secondary N) is 1. The minimum atomic E-state index is -3.77. The van der Waals surface area contributed by atoms with Crippen molar-refractivity contribution in [3.8, 4) is 0 Å². The van der Waals surface area contributed by atoms with Crippen LogP contribution in [0.25, 0.3) is 0 Å². The molecule has 0 radical (unpaired) electrons. The molecular weight excluding hydrogens is 444 g/mol. The SMILES string of the molecule is CCCN(CC(=O)Nc1cc(C(C)(C)C)nn1C)S(=O)(=O)c1ccc(Br)cc1. The smallest absolute Gasteiger partial charge is 0.243 e. The van der Waals surface area contributed by atoms with Crippen molar-refractivity contribution in [1.82, 2.24) is 14.1 Å². The predicted molar refractivity (Wildman–Crippen MR) is 114 cm³/mol. The highest BCUT2D eigenvalue weighted by molar-refractivity contribution is 9.10. The fraction of sp³-hybridized carbons (Fsp3) is 0.474. The number of carbonyl (C=O) groups excluding carboxylic acids is 1. The molecule has 154 valence electrons. The van der Waals surface area contributed by atoms with Crippen LogP contribution < -0.4 is 5.32 Å². The molecule has 0 saturated heterocycles. The van der Waals surface area contributed by atoms with Gasteiger partial charge in [-0.3, -0.25) is 9.48 Å². The second kappa shape index (κ2) is 8.75. The second-order valence-corrected chi connectivity index (χ2v) is 10.5. The van der Waals surface area contributed by atoms with Crippen molar-refractivity contribution in [1.29, 1.82) is 0 Å². The van der Waals surface area contributed by atoms with Gasteiger partial charge in [0, 0.05) is 29.5 Å². The van der Waals surface area contributed by atoms with E-state index in [0.717, 1.165) is 10.2 Å².